The summed E-state index contributed by atoms with van der Waals surface area (Å²) in [6, 6.07) is 5.38. The lowest BCUT2D eigenvalue weighted by Gasteiger charge is -2.22. The van der Waals surface area contributed by atoms with Crippen molar-refractivity contribution < 1.29 is 14.3 Å². The minimum absolute atomic E-state index is 0.0207. The minimum atomic E-state index is -0.762. The Hall–Kier alpha value is -1.38. The Balaban J connectivity index is 1.76. The first kappa shape index (κ1) is 12.6. The van der Waals surface area contributed by atoms with E-state index in [2.05, 4.69) is 0 Å². The van der Waals surface area contributed by atoms with Gasteiger partial charge in [0, 0.05) is 0 Å². The van der Waals surface area contributed by atoms with Crippen LogP contribution in [0.15, 0.2) is 18.2 Å². The first-order chi connectivity index (χ1) is 9.16. The standard InChI is InChI=1S/C16H19FO2/c17-15-8-11(13-9-14(13)16(18)19)6-7-12(15)10-4-2-1-3-5-10/h6-8,10,13-14H,1-5,9H2,(H,18,19). The second-order valence-electron chi connectivity index (χ2n) is 5.90. The Morgan fingerprint density at radius 1 is 1.21 bits per heavy atom. The third-order valence-corrected chi connectivity index (χ3v) is 4.61. The molecule has 0 saturated heterocycles. The lowest BCUT2D eigenvalue weighted by Crippen LogP contribution is -2.07. The van der Waals surface area contributed by atoms with Gasteiger partial charge in [-0.25, -0.2) is 4.39 Å². The molecule has 0 heterocycles. The molecule has 102 valence electrons. The average molecular weight is 262 g/mol. The summed E-state index contributed by atoms with van der Waals surface area (Å²) in [5.74, 6) is -0.827. The lowest BCUT2D eigenvalue weighted by atomic mass is 9.83. The van der Waals surface area contributed by atoms with E-state index in [1.54, 1.807) is 6.07 Å². The van der Waals surface area contributed by atoms with E-state index < -0.39 is 5.97 Å². The molecule has 0 aromatic heterocycles. The molecular weight excluding hydrogens is 243 g/mol. The normalized spacial score (nSPS) is 27.2. The zero-order valence-electron chi connectivity index (χ0n) is 10.9. The number of aliphatic carboxylic acids is 1. The largest absolute Gasteiger partial charge is 0.481 e. The summed E-state index contributed by atoms with van der Waals surface area (Å²) in [6.45, 7) is 0. The molecule has 0 spiro atoms. The molecule has 2 aliphatic carbocycles. The number of carboxylic acids is 1. The van der Waals surface area contributed by atoms with Gasteiger partial charge in [-0.2, -0.15) is 0 Å². The van der Waals surface area contributed by atoms with E-state index in [-0.39, 0.29) is 17.7 Å². The molecule has 0 radical (unpaired) electrons. The smallest absolute Gasteiger partial charge is 0.307 e. The van der Waals surface area contributed by atoms with E-state index in [0.29, 0.717) is 12.3 Å². The first-order valence-electron chi connectivity index (χ1n) is 7.19. The van der Waals surface area contributed by atoms with Gasteiger partial charge in [-0.15, -0.1) is 0 Å². The van der Waals surface area contributed by atoms with Crippen molar-refractivity contribution >= 4 is 5.97 Å². The zero-order chi connectivity index (χ0) is 13.4. The highest BCUT2D eigenvalue weighted by molar-refractivity contribution is 5.75. The summed E-state index contributed by atoms with van der Waals surface area (Å²) in [5.41, 5.74) is 1.68. The van der Waals surface area contributed by atoms with Crippen LogP contribution in [0.2, 0.25) is 0 Å². The summed E-state index contributed by atoms with van der Waals surface area (Å²) in [6.07, 6.45) is 6.45. The van der Waals surface area contributed by atoms with E-state index in [1.165, 1.54) is 19.3 Å². The molecule has 3 heteroatoms. The van der Waals surface area contributed by atoms with Crippen molar-refractivity contribution in [2.75, 3.05) is 0 Å². The molecule has 0 bridgehead atoms. The number of carbonyl (C=O) groups is 1. The molecule has 2 aliphatic rings. The fraction of sp³-hybridized carbons (Fsp3) is 0.562. The van der Waals surface area contributed by atoms with Gasteiger partial charge in [0.05, 0.1) is 5.92 Å². The minimum Gasteiger partial charge on any atom is -0.481 e. The van der Waals surface area contributed by atoms with Crippen molar-refractivity contribution in [1.29, 1.82) is 0 Å². The maximum Gasteiger partial charge on any atom is 0.307 e. The fourth-order valence-corrected chi connectivity index (χ4v) is 3.36. The third-order valence-electron chi connectivity index (χ3n) is 4.61. The molecule has 19 heavy (non-hydrogen) atoms. The summed E-state index contributed by atoms with van der Waals surface area (Å²) in [4.78, 5) is 10.9. The van der Waals surface area contributed by atoms with Crippen molar-refractivity contribution in [3.63, 3.8) is 0 Å². The molecule has 2 fully saturated rings. The van der Waals surface area contributed by atoms with E-state index >= 15 is 0 Å². The van der Waals surface area contributed by atoms with Crippen molar-refractivity contribution in [2.24, 2.45) is 5.92 Å². The highest BCUT2D eigenvalue weighted by atomic mass is 19.1. The second-order valence-corrected chi connectivity index (χ2v) is 5.90. The van der Waals surface area contributed by atoms with Crippen LogP contribution in [-0.2, 0) is 4.79 Å². The maximum absolute atomic E-state index is 14.2. The van der Waals surface area contributed by atoms with Crippen LogP contribution in [0.25, 0.3) is 0 Å². The van der Waals surface area contributed by atoms with Crippen LogP contribution in [0.3, 0.4) is 0 Å². The average Bonchev–Trinajstić information content (AvgIpc) is 3.20. The van der Waals surface area contributed by atoms with Crippen LogP contribution in [0, 0.1) is 11.7 Å². The summed E-state index contributed by atoms with van der Waals surface area (Å²) in [7, 11) is 0. The van der Waals surface area contributed by atoms with Crippen LogP contribution < -0.4 is 0 Å². The molecule has 2 nitrogen and oxygen atoms in total. The predicted octanol–water partition coefficient (Wildman–Crippen LogP) is 4.06. The first-order valence-corrected chi connectivity index (χ1v) is 7.19. The van der Waals surface area contributed by atoms with Crippen molar-refractivity contribution in [2.45, 2.75) is 50.4 Å². The van der Waals surface area contributed by atoms with Gasteiger partial charge in [-0.05, 0) is 48.3 Å². The second kappa shape index (κ2) is 4.95. The Labute approximate surface area is 112 Å². The monoisotopic (exact) mass is 262 g/mol. The maximum atomic E-state index is 14.2. The molecule has 2 unspecified atom stereocenters. The number of hydrogen-bond acceptors (Lipinski definition) is 1. The van der Waals surface area contributed by atoms with Crippen LogP contribution in [0.5, 0.6) is 0 Å². The third kappa shape index (κ3) is 2.51. The Morgan fingerprint density at radius 3 is 2.53 bits per heavy atom. The Morgan fingerprint density at radius 2 is 1.95 bits per heavy atom. The Bertz CT molecular complexity index is 492. The van der Waals surface area contributed by atoms with Gasteiger partial charge in [0.1, 0.15) is 5.82 Å². The molecule has 3 rings (SSSR count). The van der Waals surface area contributed by atoms with Crippen molar-refractivity contribution in [3.05, 3.63) is 35.1 Å². The Kier molecular flexibility index (Phi) is 3.29. The topological polar surface area (TPSA) is 37.3 Å². The molecule has 2 saturated carbocycles. The molecular formula is C16H19FO2. The lowest BCUT2D eigenvalue weighted by molar-refractivity contribution is -0.138. The number of halogens is 1. The summed E-state index contributed by atoms with van der Waals surface area (Å²) < 4.78 is 14.2. The van der Waals surface area contributed by atoms with Crippen LogP contribution in [0.1, 0.15) is 61.5 Å². The fourth-order valence-electron chi connectivity index (χ4n) is 3.36. The summed E-state index contributed by atoms with van der Waals surface area (Å²) >= 11 is 0. The molecule has 1 aromatic carbocycles. The predicted molar refractivity (Wildman–Crippen MR) is 70.7 cm³/mol. The number of carboxylic acid groups (broad SMARTS) is 1. The molecule has 1 aromatic rings. The molecule has 0 aliphatic heterocycles. The van der Waals surface area contributed by atoms with Gasteiger partial charge in [0.15, 0.2) is 0 Å². The van der Waals surface area contributed by atoms with Gasteiger partial charge in [0.2, 0.25) is 0 Å². The quantitative estimate of drug-likeness (QED) is 0.891. The number of hydrogen-bond donors (Lipinski definition) is 1. The van der Waals surface area contributed by atoms with E-state index in [9.17, 15) is 9.18 Å². The van der Waals surface area contributed by atoms with Gasteiger partial charge >= 0.3 is 5.97 Å². The molecule has 0 amide bonds. The van der Waals surface area contributed by atoms with Crippen LogP contribution in [0.4, 0.5) is 4.39 Å². The highest BCUT2D eigenvalue weighted by Crippen LogP contribution is 2.48. The van der Waals surface area contributed by atoms with Crippen LogP contribution in [-0.4, -0.2) is 11.1 Å². The number of rotatable bonds is 3. The molecule has 1 N–H and O–H groups in total. The SMILES string of the molecule is O=C(O)C1CC1c1ccc(C2CCCCC2)c(F)c1. The number of benzene rings is 1. The van der Waals surface area contributed by atoms with E-state index in [4.69, 9.17) is 5.11 Å². The van der Waals surface area contributed by atoms with Gasteiger partial charge in [-0.3, -0.25) is 4.79 Å². The van der Waals surface area contributed by atoms with Gasteiger partial charge in [-0.1, -0.05) is 31.4 Å². The van der Waals surface area contributed by atoms with Crippen molar-refractivity contribution in [3.8, 4) is 0 Å². The van der Waals surface area contributed by atoms with E-state index in [0.717, 1.165) is 24.0 Å². The van der Waals surface area contributed by atoms with Gasteiger partial charge < -0.3 is 5.11 Å². The van der Waals surface area contributed by atoms with Gasteiger partial charge in [0.25, 0.3) is 0 Å². The van der Waals surface area contributed by atoms with Crippen LogP contribution >= 0.6 is 0 Å². The summed E-state index contributed by atoms with van der Waals surface area (Å²) in [5, 5.41) is 8.92. The van der Waals surface area contributed by atoms with Crippen molar-refractivity contribution in [1.82, 2.24) is 0 Å². The molecule has 2 atom stereocenters. The van der Waals surface area contributed by atoms with E-state index in [1.807, 2.05) is 12.1 Å². The zero-order valence-corrected chi connectivity index (χ0v) is 10.9. The highest BCUT2D eigenvalue weighted by Gasteiger charge is 2.44.